The summed E-state index contributed by atoms with van der Waals surface area (Å²) < 4.78 is 1.06. The van der Waals surface area contributed by atoms with Gasteiger partial charge in [0.1, 0.15) is 5.54 Å². The van der Waals surface area contributed by atoms with E-state index in [1.54, 1.807) is 11.8 Å². The van der Waals surface area contributed by atoms with Gasteiger partial charge in [-0.3, -0.25) is 10.1 Å². The first-order valence-corrected chi connectivity index (χ1v) is 9.02. The van der Waals surface area contributed by atoms with E-state index in [4.69, 9.17) is 0 Å². The molecule has 2 atom stereocenters. The molecule has 1 fully saturated rings. The fourth-order valence-corrected chi connectivity index (χ4v) is 4.94. The van der Waals surface area contributed by atoms with Crippen molar-refractivity contribution in [2.75, 3.05) is 0 Å². The maximum absolute atomic E-state index is 11.8. The average Bonchev–Trinajstić information content (AvgIpc) is 2.38. The molecule has 0 amide bonds. The van der Waals surface area contributed by atoms with Gasteiger partial charge in [0.25, 0.3) is 0 Å². The number of carbonyl (C=O) groups is 1. The number of rotatable bonds is 5. The van der Waals surface area contributed by atoms with Gasteiger partial charge in [-0.05, 0) is 57.7 Å². The third-order valence-electron chi connectivity index (χ3n) is 3.78. The summed E-state index contributed by atoms with van der Waals surface area (Å²) in [6.45, 7) is 4.02. The van der Waals surface area contributed by atoms with Crippen molar-refractivity contribution in [1.82, 2.24) is 5.32 Å². The Morgan fingerprint density at radius 3 is 2.90 bits per heavy atom. The molecule has 0 aliphatic heterocycles. The van der Waals surface area contributed by atoms with Gasteiger partial charge in [-0.1, -0.05) is 22.0 Å². The molecule has 1 aliphatic rings. The number of aliphatic carboxylic acids is 1. The van der Waals surface area contributed by atoms with Crippen LogP contribution in [-0.2, 0) is 4.79 Å². The average molecular weight is 372 g/mol. The molecule has 5 heteroatoms. The van der Waals surface area contributed by atoms with Gasteiger partial charge in [-0.15, -0.1) is 11.8 Å². The second-order valence-electron chi connectivity index (χ2n) is 5.98. The Labute approximate surface area is 139 Å². The van der Waals surface area contributed by atoms with Crippen LogP contribution in [-0.4, -0.2) is 27.9 Å². The summed E-state index contributed by atoms with van der Waals surface area (Å²) in [5, 5.41) is 13.3. The molecule has 1 saturated carbocycles. The van der Waals surface area contributed by atoms with Gasteiger partial charge in [0.2, 0.25) is 0 Å². The number of halogens is 1. The molecular weight excluding hydrogens is 350 g/mol. The molecule has 1 aromatic carbocycles. The van der Waals surface area contributed by atoms with E-state index >= 15 is 0 Å². The highest BCUT2D eigenvalue weighted by Crippen LogP contribution is 2.39. The fourth-order valence-electron chi connectivity index (χ4n) is 3.00. The first kappa shape index (κ1) is 16.8. The number of thioether (sulfide) groups is 1. The SMILES string of the molecule is CC(C)NC1(C(=O)O)CCCC(Sc2cccc(Br)c2)C1. The van der Waals surface area contributed by atoms with E-state index in [0.29, 0.717) is 11.7 Å². The van der Waals surface area contributed by atoms with Crippen molar-refractivity contribution >= 4 is 33.7 Å². The largest absolute Gasteiger partial charge is 0.480 e. The molecule has 2 rings (SSSR count). The van der Waals surface area contributed by atoms with Crippen LogP contribution >= 0.6 is 27.7 Å². The highest BCUT2D eigenvalue weighted by molar-refractivity contribution is 9.10. The van der Waals surface area contributed by atoms with Crippen molar-refractivity contribution in [2.45, 2.75) is 61.3 Å². The Balaban J connectivity index is 2.10. The number of benzene rings is 1. The number of hydrogen-bond donors (Lipinski definition) is 2. The number of carboxylic acids is 1. The lowest BCUT2D eigenvalue weighted by Gasteiger charge is -2.39. The topological polar surface area (TPSA) is 49.3 Å². The van der Waals surface area contributed by atoms with E-state index in [9.17, 15) is 9.90 Å². The Hall–Kier alpha value is -0.520. The monoisotopic (exact) mass is 371 g/mol. The van der Waals surface area contributed by atoms with Gasteiger partial charge in [-0.2, -0.15) is 0 Å². The van der Waals surface area contributed by atoms with Crippen LogP contribution < -0.4 is 5.32 Å². The van der Waals surface area contributed by atoms with E-state index < -0.39 is 11.5 Å². The molecule has 0 heterocycles. The van der Waals surface area contributed by atoms with E-state index in [2.05, 4.69) is 33.4 Å². The summed E-state index contributed by atoms with van der Waals surface area (Å²) in [7, 11) is 0. The summed E-state index contributed by atoms with van der Waals surface area (Å²) in [5.74, 6) is -0.712. The Morgan fingerprint density at radius 1 is 1.52 bits per heavy atom. The van der Waals surface area contributed by atoms with Crippen LogP contribution in [0.15, 0.2) is 33.6 Å². The molecule has 1 aliphatic carbocycles. The number of hydrogen-bond acceptors (Lipinski definition) is 3. The third-order valence-corrected chi connectivity index (χ3v) is 5.53. The van der Waals surface area contributed by atoms with E-state index in [0.717, 1.165) is 23.7 Å². The number of carboxylic acid groups (broad SMARTS) is 1. The lowest BCUT2D eigenvalue weighted by Crippen LogP contribution is -2.57. The van der Waals surface area contributed by atoms with Crippen LogP contribution in [0.2, 0.25) is 0 Å². The lowest BCUT2D eigenvalue weighted by molar-refractivity contribution is -0.146. The maximum Gasteiger partial charge on any atom is 0.323 e. The van der Waals surface area contributed by atoms with E-state index in [-0.39, 0.29) is 6.04 Å². The molecule has 2 N–H and O–H groups in total. The zero-order chi connectivity index (χ0) is 15.5. The Bertz CT molecular complexity index is 509. The molecule has 0 spiro atoms. The van der Waals surface area contributed by atoms with Gasteiger partial charge in [0, 0.05) is 20.7 Å². The lowest BCUT2D eigenvalue weighted by atomic mass is 9.81. The van der Waals surface area contributed by atoms with Gasteiger partial charge < -0.3 is 5.11 Å². The Morgan fingerprint density at radius 2 is 2.29 bits per heavy atom. The van der Waals surface area contributed by atoms with Gasteiger partial charge in [-0.25, -0.2) is 0 Å². The van der Waals surface area contributed by atoms with E-state index in [1.165, 1.54) is 4.90 Å². The molecule has 3 nitrogen and oxygen atoms in total. The molecule has 0 saturated heterocycles. The molecule has 0 radical (unpaired) electrons. The molecule has 116 valence electrons. The van der Waals surface area contributed by atoms with Gasteiger partial charge in [0.15, 0.2) is 0 Å². The van der Waals surface area contributed by atoms with Gasteiger partial charge in [0.05, 0.1) is 0 Å². The molecule has 21 heavy (non-hydrogen) atoms. The summed E-state index contributed by atoms with van der Waals surface area (Å²) >= 11 is 5.28. The summed E-state index contributed by atoms with van der Waals surface area (Å²) in [5.41, 5.74) is -0.768. The fraction of sp³-hybridized carbons (Fsp3) is 0.562. The van der Waals surface area contributed by atoms with Crippen LogP contribution in [0.5, 0.6) is 0 Å². The first-order valence-electron chi connectivity index (χ1n) is 7.34. The zero-order valence-corrected chi connectivity index (χ0v) is 14.8. The first-order chi connectivity index (χ1) is 9.91. The number of nitrogens with one attached hydrogen (secondary N) is 1. The smallest absolute Gasteiger partial charge is 0.323 e. The van der Waals surface area contributed by atoms with Crippen LogP contribution in [0, 0.1) is 0 Å². The predicted octanol–water partition coefficient (Wildman–Crippen LogP) is 4.31. The molecule has 1 aromatic rings. The van der Waals surface area contributed by atoms with Crippen molar-refractivity contribution in [3.8, 4) is 0 Å². The quantitative estimate of drug-likeness (QED) is 0.809. The summed E-state index contributed by atoms with van der Waals surface area (Å²) in [4.78, 5) is 13.0. The normalized spacial score (nSPS) is 26.0. The highest BCUT2D eigenvalue weighted by atomic mass is 79.9. The van der Waals surface area contributed by atoms with Crippen LogP contribution in [0.4, 0.5) is 0 Å². The minimum absolute atomic E-state index is 0.177. The van der Waals surface area contributed by atoms with Crippen molar-refractivity contribution in [3.63, 3.8) is 0 Å². The molecule has 2 unspecified atom stereocenters. The third kappa shape index (κ3) is 4.47. The minimum atomic E-state index is -0.768. The molecule has 0 bridgehead atoms. The Kier molecular flexibility index (Phi) is 5.74. The van der Waals surface area contributed by atoms with Crippen LogP contribution in [0.1, 0.15) is 39.5 Å². The van der Waals surface area contributed by atoms with Crippen molar-refractivity contribution in [3.05, 3.63) is 28.7 Å². The predicted molar refractivity (Wildman–Crippen MR) is 90.9 cm³/mol. The van der Waals surface area contributed by atoms with E-state index in [1.807, 2.05) is 26.0 Å². The van der Waals surface area contributed by atoms with Crippen molar-refractivity contribution in [2.24, 2.45) is 0 Å². The second kappa shape index (κ2) is 7.16. The van der Waals surface area contributed by atoms with Crippen LogP contribution in [0.3, 0.4) is 0 Å². The standard InChI is InChI=1S/C16H22BrNO2S/c1-11(2)18-16(15(19)20)8-4-7-14(10-16)21-13-6-3-5-12(17)9-13/h3,5-6,9,11,14,18H,4,7-8,10H2,1-2H3,(H,19,20). The second-order valence-corrected chi connectivity index (χ2v) is 8.27. The van der Waals surface area contributed by atoms with Crippen molar-refractivity contribution < 1.29 is 9.90 Å². The van der Waals surface area contributed by atoms with Crippen LogP contribution in [0.25, 0.3) is 0 Å². The zero-order valence-electron chi connectivity index (χ0n) is 12.4. The molecule has 0 aromatic heterocycles. The highest BCUT2D eigenvalue weighted by Gasteiger charge is 2.43. The summed E-state index contributed by atoms with van der Waals surface area (Å²) in [6.07, 6.45) is 3.43. The van der Waals surface area contributed by atoms with Crippen molar-refractivity contribution in [1.29, 1.82) is 0 Å². The molecular formula is C16H22BrNO2S. The van der Waals surface area contributed by atoms with Gasteiger partial charge >= 0.3 is 5.97 Å². The maximum atomic E-state index is 11.8. The summed E-state index contributed by atoms with van der Waals surface area (Å²) in [6, 6.07) is 8.38. The minimum Gasteiger partial charge on any atom is -0.480 e.